The van der Waals surface area contributed by atoms with E-state index in [1.54, 1.807) is 6.20 Å². The standard InChI is InChI=1S/C17H14N6OS2/c1-23-15(12-7-4-5-9-18-12)21-22-17(23)25-10-14(24)20-16-19-11-6-2-3-8-13(11)26-16/h2-9H,10H2,1H3,(H,19,20,24). The van der Waals surface area contributed by atoms with Crippen molar-refractivity contribution in [3.05, 3.63) is 48.7 Å². The maximum Gasteiger partial charge on any atom is 0.236 e. The van der Waals surface area contributed by atoms with Crippen molar-refractivity contribution >= 4 is 44.4 Å². The third-order valence-corrected chi connectivity index (χ3v) is 5.57. The first-order valence-corrected chi connectivity index (χ1v) is 9.60. The van der Waals surface area contributed by atoms with E-state index in [1.165, 1.54) is 23.1 Å². The zero-order chi connectivity index (χ0) is 17.9. The minimum absolute atomic E-state index is 0.128. The molecular formula is C17H14N6OS2. The molecule has 0 aliphatic carbocycles. The van der Waals surface area contributed by atoms with Gasteiger partial charge in [-0.3, -0.25) is 9.78 Å². The van der Waals surface area contributed by atoms with Crippen LogP contribution in [0.1, 0.15) is 0 Å². The first kappa shape index (κ1) is 16.7. The predicted molar refractivity (Wildman–Crippen MR) is 103 cm³/mol. The second-order valence-corrected chi connectivity index (χ2v) is 7.38. The SMILES string of the molecule is Cn1c(SCC(=O)Nc2nc3ccccc3s2)nnc1-c1ccccn1. The van der Waals surface area contributed by atoms with Crippen molar-refractivity contribution < 1.29 is 4.79 Å². The van der Waals surface area contributed by atoms with Crippen LogP contribution in [0.25, 0.3) is 21.7 Å². The Kier molecular flexibility index (Phi) is 4.63. The van der Waals surface area contributed by atoms with Gasteiger partial charge in [-0.1, -0.05) is 41.3 Å². The Morgan fingerprint density at radius 3 is 2.85 bits per heavy atom. The molecule has 26 heavy (non-hydrogen) atoms. The molecule has 0 saturated carbocycles. The topological polar surface area (TPSA) is 85.6 Å². The highest BCUT2D eigenvalue weighted by Gasteiger charge is 2.14. The second-order valence-electron chi connectivity index (χ2n) is 5.40. The number of pyridine rings is 1. The summed E-state index contributed by atoms with van der Waals surface area (Å²) in [5.74, 6) is 0.764. The minimum Gasteiger partial charge on any atom is -0.304 e. The highest BCUT2D eigenvalue weighted by atomic mass is 32.2. The van der Waals surface area contributed by atoms with E-state index in [2.05, 4.69) is 25.5 Å². The summed E-state index contributed by atoms with van der Waals surface area (Å²) in [7, 11) is 1.86. The number of benzene rings is 1. The number of carbonyl (C=O) groups excluding carboxylic acids is 1. The highest BCUT2D eigenvalue weighted by Crippen LogP contribution is 2.26. The van der Waals surface area contributed by atoms with Crippen LogP contribution >= 0.6 is 23.1 Å². The molecule has 0 aliphatic heterocycles. The van der Waals surface area contributed by atoms with Gasteiger partial charge in [0, 0.05) is 13.2 Å². The van der Waals surface area contributed by atoms with Crippen LogP contribution in [0.3, 0.4) is 0 Å². The fourth-order valence-corrected chi connectivity index (χ4v) is 3.96. The summed E-state index contributed by atoms with van der Waals surface area (Å²) >= 11 is 2.78. The third kappa shape index (κ3) is 3.44. The molecule has 1 aromatic carbocycles. The number of hydrogen-bond donors (Lipinski definition) is 1. The number of thioether (sulfide) groups is 1. The van der Waals surface area contributed by atoms with Gasteiger partial charge in [0.2, 0.25) is 5.91 Å². The molecular weight excluding hydrogens is 368 g/mol. The Labute approximate surface area is 157 Å². The molecule has 0 spiro atoms. The van der Waals surface area contributed by atoms with Crippen molar-refractivity contribution in [2.24, 2.45) is 7.05 Å². The number of hydrogen-bond acceptors (Lipinski definition) is 7. The van der Waals surface area contributed by atoms with Crippen LogP contribution in [0, 0.1) is 0 Å². The lowest BCUT2D eigenvalue weighted by atomic mass is 10.3. The number of fused-ring (bicyclic) bond motifs is 1. The van der Waals surface area contributed by atoms with Crippen LogP contribution in [0.15, 0.2) is 53.8 Å². The number of thiazole rings is 1. The van der Waals surface area contributed by atoms with Crippen LogP contribution in [0.2, 0.25) is 0 Å². The van der Waals surface area contributed by atoms with Gasteiger partial charge < -0.3 is 9.88 Å². The fourth-order valence-electron chi connectivity index (χ4n) is 2.37. The Morgan fingerprint density at radius 2 is 2.04 bits per heavy atom. The summed E-state index contributed by atoms with van der Waals surface area (Å²) in [4.78, 5) is 20.9. The van der Waals surface area contributed by atoms with Gasteiger partial charge in [-0.2, -0.15) is 0 Å². The van der Waals surface area contributed by atoms with Gasteiger partial charge in [-0.25, -0.2) is 4.98 Å². The Morgan fingerprint density at radius 1 is 1.19 bits per heavy atom. The van der Waals surface area contributed by atoms with Crippen LogP contribution in [0.4, 0.5) is 5.13 Å². The van der Waals surface area contributed by atoms with Crippen molar-refractivity contribution in [3.8, 4) is 11.5 Å². The number of rotatable bonds is 5. The number of aromatic nitrogens is 5. The van der Waals surface area contributed by atoms with E-state index < -0.39 is 0 Å². The summed E-state index contributed by atoms with van der Waals surface area (Å²) < 4.78 is 2.88. The molecule has 130 valence electrons. The number of para-hydroxylation sites is 1. The molecule has 0 bridgehead atoms. The van der Waals surface area contributed by atoms with E-state index in [9.17, 15) is 4.79 Å². The molecule has 0 fully saturated rings. The van der Waals surface area contributed by atoms with E-state index in [0.29, 0.717) is 16.1 Å². The van der Waals surface area contributed by atoms with E-state index in [1.807, 2.05) is 54.1 Å². The smallest absolute Gasteiger partial charge is 0.236 e. The van der Waals surface area contributed by atoms with Crippen molar-refractivity contribution in [1.82, 2.24) is 24.7 Å². The van der Waals surface area contributed by atoms with Crippen LogP contribution in [-0.4, -0.2) is 36.4 Å². The second kappa shape index (κ2) is 7.22. The van der Waals surface area contributed by atoms with Gasteiger partial charge in [-0.15, -0.1) is 10.2 Å². The molecule has 1 N–H and O–H groups in total. The van der Waals surface area contributed by atoms with Gasteiger partial charge in [0.1, 0.15) is 5.69 Å². The number of nitrogens with zero attached hydrogens (tertiary/aromatic N) is 5. The average Bonchev–Trinajstić information content (AvgIpc) is 3.23. The van der Waals surface area contributed by atoms with Crippen LogP contribution in [0.5, 0.6) is 0 Å². The number of nitrogens with one attached hydrogen (secondary N) is 1. The minimum atomic E-state index is -0.128. The maximum atomic E-state index is 12.2. The summed E-state index contributed by atoms with van der Waals surface area (Å²) in [6.07, 6.45) is 1.71. The van der Waals surface area contributed by atoms with Gasteiger partial charge in [0.05, 0.1) is 16.0 Å². The van der Waals surface area contributed by atoms with Crippen molar-refractivity contribution in [3.63, 3.8) is 0 Å². The summed E-state index contributed by atoms with van der Waals surface area (Å²) in [5, 5.41) is 12.4. The molecule has 9 heteroatoms. The van der Waals surface area contributed by atoms with Crippen molar-refractivity contribution in [1.29, 1.82) is 0 Å². The molecule has 0 atom stereocenters. The molecule has 0 unspecified atom stereocenters. The fraction of sp³-hybridized carbons (Fsp3) is 0.118. The van der Waals surface area contributed by atoms with Gasteiger partial charge >= 0.3 is 0 Å². The zero-order valence-electron chi connectivity index (χ0n) is 13.8. The van der Waals surface area contributed by atoms with Gasteiger partial charge in [-0.05, 0) is 24.3 Å². The molecule has 0 aliphatic rings. The molecule has 0 radical (unpaired) electrons. The van der Waals surface area contributed by atoms with Gasteiger partial charge in [0.25, 0.3) is 0 Å². The van der Waals surface area contributed by atoms with E-state index >= 15 is 0 Å². The summed E-state index contributed by atoms with van der Waals surface area (Å²) in [5.41, 5.74) is 1.63. The molecule has 0 saturated heterocycles. The monoisotopic (exact) mass is 382 g/mol. The lowest BCUT2D eigenvalue weighted by Crippen LogP contribution is -2.14. The van der Waals surface area contributed by atoms with E-state index in [-0.39, 0.29) is 11.7 Å². The zero-order valence-corrected chi connectivity index (χ0v) is 15.4. The first-order valence-electron chi connectivity index (χ1n) is 7.80. The Hall–Kier alpha value is -2.78. The molecule has 7 nitrogen and oxygen atoms in total. The van der Waals surface area contributed by atoms with E-state index in [0.717, 1.165) is 15.9 Å². The molecule has 4 rings (SSSR count). The Bertz CT molecular complexity index is 1030. The lowest BCUT2D eigenvalue weighted by Gasteiger charge is -2.03. The van der Waals surface area contributed by atoms with Crippen molar-refractivity contribution in [2.45, 2.75) is 5.16 Å². The summed E-state index contributed by atoms with van der Waals surface area (Å²) in [6.45, 7) is 0. The molecule has 3 heterocycles. The highest BCUT2D eigenvalue weighted by molar-refractivity contribution is 7.99. The first-order chi connectivity index (χ1) is 12.7. The molecule has 3 aromatic heterocycles. The summed E-state index contributed by atoms with van der Waals surface area (Å²) in [6, 6.07) is 13.4. The number of amides is 1. The maximum absolute atomic E-state index is 12.2. The van der Waals surface area contributed by atoms with Gasteiger partial charge in [0.15, 0.2) is 16.1 Å². The number of carbonyl (C=O) groups is 1. The van der Waals surface area contributed by atoms with Crippen molar-refractivity contribution in [2.75, 3.05) is 11.1 Å². The number of anilines is 1. The average molecular weight is 382 g/mol. The predicted octanol–water partition coefficient (Wildman–Crippen LogP) is 3.22. The normalized spacial score (nSPS) is 11.0. The largest absolute Gasteiger partial charge is 0.304 e. The molecule has 4 aromatic rings. The van der Waals surface area contributed by atoms with Crippen LogP contribution in [-0.2, 0) is 11.8 Å². The Balaban J connectivity index is 1.41. The quantitative estimate of drug-likeness (QED) is 0.534. The van der Waals surface area contributed by atoms with E-state index in [4.69, 9.17) is 0 Å². The lowest BCUT2D eigenvalue weighted by molar-refractivity contribution is -0.113. The van der Waals surface area contributed by atoms with Crippen LogP contribution < -0.4 is 5.32 Å². The third-order valence-electron chi connectivity index (χ3n) is 3.60. The molecule has 1 amide bonds.